The maximum atomic E-state index is 14.0. The Morgan fingerprint density at radius 1 is 0.765 bits per heavy atom. The Morgan fingerprint density at radius 2 is 1.46 bits per heavy atom. The molecule has 1 aliphatic carbocycles. The van der Waals surface area contributed by atoms with E-state index in [1.54, 1.807) is 24.3 Å². The smallest absolute Gasteiger partial charge is 0.241 e. The highest BCUT2D eigenvalue weighted by molar-refractivity contribution is 7.89. The van der Waals surface area contributed by atoms with Crippen molar-refractivity contribution in [3.63, 3.8) is 0 Å². The maximum Gasteiger partial charge on any atom is 0.241 e. The second-order valence-corrected chi connectivity index (χ2v) is 21.9. The monoisotopic (exact) mass is 940 g/mol. The van der Waals surface area contributed by atoms with E-state index in [0.717, 1.165) is 70.2 Å². The number of amides is 2. The summed E-state index contributed by atoms with van der Waals surface area (Å²) in [5, 5.41) is 16.2. The minimum atomic E-state index is -3.99. The summed E-state index contributed by atoms with van der Waals surface area (Å²) in [5.41, 5.74) is 6.82. The van der Waals surface area contributed by atoms with E-state index in [0.29, 0.717) is 18.5 Å². The van der Waals surface area contributed by atoms with E-state index in [9.17, 15) is 23.1 Å². The first-order valence-corrected chi connectivity index (χ1v) is 25.8. The summed E-state index contributed by atoms with van der Waals surface area (Å²) in [7, 11) is -3.99. The minimum absolute atomic E-state index is 0.0452. The Kier molecular flexibility index (Phi) is 15.6. The third kappa shape index (κ3) is 12.1. The SMILES string of the molecule is Cc1ccc(S(=O)(=O)N[C@H](Cc2ccccc2)C(=O)NCc2cccc(-c3cccc([C@@H]4O[C@H](CN5[C@@H](C(=O)NC(C)(C)C)CC[C@H]6CCCC[C@H]65)[C@H](C)[C@H](c5ccc(CO)cc5)O4)c3)c2)cc1. The van der Waals surface area contributed by atoms with E-state index in [4.69, 9.17) is 9.47 Å². The molecule has 360 valence electrons. The number of hydrogen-bond donors (Lipinski definition) is 4. The number of aliphatic hydroxyl groups is 1. The molecule has 68 heavy (non-hydrogen) atoms. The fraction of sp³-hybridized carbons (Fsp3) is 0.429. The lowest BCUT2D eigenvalue weighted by Crippen LogP contribution is -2.61. The van der Waals surface area contributed by atoms with Gasteiger partial charge in [0.1, 0.15) is 6.04 Å². The van der Waals surface area contributed by atoms with Crippen molar-refractivity contribution < 1.29 is 32.6 Å². The lowest BCUT2D eigenvalue weighted by Gasteiger charge is -2.51. The van der Waals surface area contributed by atoms with E-state index in [2.05, 4.69) is 33.2 Å². The molecule has 2 heterocycles. The number of fused-ring (bicyclic) bond motifs is 1. The molecule has 2 aliphatic heterocycles. The molecule has 0 radical (unpaired) electrons. The number of hydrogen-bond acceptors (Lipinski definition) is 8. The molecule has 4 N–H and O–H groups in total. The minimum Gasteiger partial charge on any atom is -0.392 e. The normalized spacial score (nSPS) is 23.8. The molecule has 0 unspecified atom stereocenters. The summed E-state index contributed by atoms with van der Waals surface area (Å²) in [5.74, 6) is 0.154. The molecule has 3 fully saturated rings. The number of nitrogens with zero attached hydrogens (tertiary/aromatic N) is 1. The average molecular weight is 941 g/mol. The Morgan fingerprint density at radius 3 is 2.18 bits per heavy atom. The summed E-state index contributed by atoms with van der Waals surface area (Å²) < 4.78 is 43.7. The van der Waals surface area contributed by atoms with Gasteiger partial charge in [0.15, 0.2) is 6.29 Å². The van der Waals surface area contributed by atoms with Crippen molar-refractivity contribution >= 4 is 21.8 Å². The summed E-state index contributed by atoms with van der Waals surface area (Å²) >= 11 is 0. The summed E-state index contributed by atoms with van der Waals surface area (Å²) in [6.45, 7) is 10.9. The molecule has 0 spiro atoms. The molecule has 2 saturated heterocycles. The molecule has 8 atom stereocenters. The van der Waals surface area contributed by atoms with Crippen LogP contribution >= 0.6 is 0 Å². The van der Waals surface area contributed by atoms with E-state index in [1.165, 1.54) is 12.8 Å². The summed E-state index contributed by atoms with van der Waals surface area (Å²) in [4.78, 5) is 30.5. The third-order valence-electron chi connectivity index (χ3n) is 13.9. The number of aliphatic hydroxyl groups excluding tert-OH is 1. The number of likely N-dealkylation sites (tertiary alicyclic amines) is 1. The highest BCUT2D eigenvalue weighted by Gasteiger charge is 2.46. The van der Waals surface area contributed by atoms with Gasteiger partial charge in [-0.2, -0.15) is 4.72 Å². The van der Waals surface area contributed by atoms with Crippen LogP contribution in [0.2, 0.25) is 0 Å². The highest BCUT2D eigenvalue weighted by atomic mass is 32.2. The van der Waals surface area contributed by atoms with Crippen LogP contribution in [-0.2, 0) is 48.7 Å². The molecule has 1 saturated carbocycles. The van der Waals surface area contributed by atoms with Crippen LogP contribution in [0.3, 0.4) is 0 Å². The molecule has 0 bridgehead atoms. The van der Waals surface area contributed by atoms with E-state index < -0.39 is 28.3 Å². The van der Waals surface area contributed by atoms with Crippen LogP contribution in [0.1, 0.15) is 112 Å². The zero-order chi connectivity index (χ0) is 48.0. The van der Waals surface area contributed by atoms with E-state index >= 15 is 0 Å². The molecule has 0 aromatic heterocycles. The highest BCUT2D eigenvalue weighted by Crippen LogP contribution is 2.45. The number of rotatable bonds is 15. The van der Waals surface area contributed by atoms with Crippen LogP contribution in [0.25, 0.3) is 11.1 Å². The van der Waals surface area contributed by atoms with Gasteiger partial charge >= 0.3 is 0 Å². The zero-order valence-corrected chi connectivity index (χ0v) is 40.9. The van der Waals surface area contributed by atoms with Crippen molar-refractivity contribution in [1.29, 1.82) is 0 Å². The number of nitrogens with one attached hydrogen (secondary N) is 3. The standard InChI is InChI=1S/C56H68N4O7S/c1-37-21-28-47(29-22-37)68(64,65)59-48(32-39-13-7-6-8-14-39)53(62)57-34-41-15-11-17-44(31-41)45-18-12-19-46(33-45)55-66-51(38(2)52(67-55)43-25-23-40(36-61)24-26-43)35-60-49-20-10-9-16-42(49)27-30-50(60)54(63)58-56(3,4)5/h6-8,11-15,17-19,21-26,28-29,31,33,38,42,48-52,55,59,61H,9-10,16,20,27,30,32,34-36H2,1-5H3,(H,57,62)(H,58,63)/t38-,42+,48+,49+,50+,51+,52+,55+/m0/s1. The topological polar surface area (TPSA) is 146 Å². The van der Waals surface area contributed by atoms with Crippen LogP contribution in [0, 0.1) is 18.8 Å². The lowest BCUT2D eigenvalue weighted by molar-refractivity contribution is -0.278. The third-order valence-corrected chi connectivity index (χ3v) is 15.4. The van der Waals surface area contributed by atoms with Crippen molar-refractivity contribution in [3.8, 4) is 11.1 Å². The second kappa shape index (κ2) is 21.6. The number of carbonyl (C=O) groups excluding carboxylic acids is 2. The largest absolute Gasteiger partial charge is 0.392 e. The number of benzene rings is 5. The first kappa shape index (κ1) is 49.2. The van der Waals surface area contributed by atoms with Crippen molar-refractivity contribution in [2.45, 2.75) is 140 Å². The van der Waals surface area contributed by atoms with Crippen LogP contribution < -0.4 is 15.4 Å². The Bertz CT molecular complexity index is 2600. The second-order valence-electron chi connectivity index (χ2n) is 20.2. The predicted octanol–water partition coefficient (Wildman–Crippen LogP) is 9.09. The molecule has 2 amide bonds. The van der Waals surface area contributed by atoms with Gasteiger partial charge in [-0.1, -0.05) is 128 Å². The van der Waals surface area contributed by atoms with Gasteiger partial charge in [-0.25, -0.2) is 8.42 Å². The maximum absolute atomic E-state index is 14.0. The van der Waals surface area contributed by atoms with Crippen molar-refractivity contribution in [3.05, 3.63) is 161 Å². The van der Waals surface area contributed by atoms with Gasteiger partial charge in [-0.05, 0) is 123 Å². The van der Waals surface area contributed by atoms with Crippen LogP contribution in [0.15, 0.2) is 132 Å². The quantitative estimate of drug-likeness (QED) is 0.0814. The lowest BCUT2D eigenvalue weighted by atomic mass is 9.75. The number of carbonyl (C=O) groups is 2. The molecule has 12 heteroatoms. The Balaban J connectivity index is 1.03. The average Bonchev–Trinajstić information content (AvgIpc) is 3.33. The first-order chi connectivity index (χ1) is 32.6. The number of sulfonamides is 1. The van der Waals surface area contributed by atoms with Gasteiger partial charge < -0.3 is 25.2 Å². The molecular weight excluding hydrogens is 873 g/mol. The molecule has 5 aromatic rings. The fourth-order valence-corrected chi connectivity index (χ4v) is 11.5. The van der Waals surface area contributed by atoms with Gasteiger partial charge in [0.05, 0.1) is 29.8 Å². The van der Waals surface area contributed by atoms with Gasteiger partial charge in [-0.15, -0.1) is 0 Å². The zero-order valence-electron chi connectivity index (χ0n) is 40.1. The summed E-state index contributed by atoms with van der Waals surface area (Å²) in [6, 6.07) is 39.0. The molecule has 5 aromatic carbocycles. The van der Waals surface area contributed by atoms with Crippen LogP contribution in [0.4, 0.5) is 0 Å². The van der Waals surface area contributed by atoms with Crippen molar-refractivity contribution in [2.24, 2.45) is 11.8 Å². The number of ether oxygens (including phenoxy) is 2. The fourth-order valence-electron chi connectivity index (χ4n) is 10.3. The van der Waals surface area contributed by atoms with Crippen LogP contribution in [-0.4, -0.2) is 66.6 Å². The summed E-state index contributed by atoms with van der Waals surface area (Å²) in [6.07, 6.45) is 5.42. The van der Waals surface area contributed by atoms with E-state index in [1.807, 2.05) is 125 Å². The van der Waals surface area contributed by atoms with Crippen LogP contribution in [0.5, 0.6) is 0 Å². The van der Waals surface area contributed by atoms with Crippen molar-refractivity contribution in [2.75, 3.05) is 6.54 Å². The number of aryl methyl sites for hydroxylation is 1. The van der Waals surface area contributed by atoms with Gasteiger partial charge in [0.2, 0.25) is 21.8 Å². The van der Waals surface area contributed by atoms with E-state index in [-0.39, 0.29) is 60.1 Å². The van der Waals surface area contributed by atoms with Crippen molar-refractivity contribution in [1.82, 2.24) is 20.3 Å². The molecule has 8 rings (SSSR count). The molecular formula is C56H68N4O7S. The van der Waals surface area contributed by atoms with Gasteiger partial charge in [0, 0.05) is 36.2 Å². The van der Waals surface area contributed by atoms with Gasteiger partial charge in [0.25, 0.3) is 0 Å². The Labute approximate surface area is 403 Å². The molecule has 11 nitrogen and oxygen atoms in total. The predicted molar refractivity (Wildman–Crippen MR) is 265 cm³/mol. The molecule has 3 aliphatic rings. The first-order valence-electron chi connectivity index (χ1n) is 24.3. The number of piperidine rings is 1. The Hall–Kier alpha value is -5.21. The van der Waals surface area contributed by atoms with Gasteiger partial charge in [-0.3, -0.25) is 14.5 Å².